The Balaban J connectivity index is 0.000000331. The summed E-state index contributed by atoms with van der Waals surface area (Å²) in [5.41, 5.74) is 1.89. The average molecular weight is 335 g/mol. The van der Waals surface area contributed by atoms with Gasteiger partial charge in [-0.15, -0.1) is 23.7 Å². The van der Waals surface area contributed by atoms with Crippen LogP contribution in [-0.4, -0.2) is 6.29 Å². The average Bonchev–Trinajstić information content (AvgIpc) is 3.04. The molecule has 0 aliphatic rings. The molecule has 0 N–H and O–H groups in total. The summed E-state index contributed by atoms with van der Waals surface area (Å²) in [6.45, 7) is 3.56. The van der Waals surface area contributed by atoms with Gasteiger partial charge in [-0.05, 0) is 5.03 Å². The Morgan fingerprint density at radius 2 is 1.68 bits per heavy atom. The fraction of sp³-hybridized carbons (Fsp3) is 0. The van der Waals surface area contributed by atoms with Crippen molar-refractivity contribution in [1.29, 1.82) is 0 Å². The molecule has 2 aromatic rings. The van der Waals surface area contributed by atoms with Crippen molar-refractivity contribution in [3.63, 3.8) is 0 Å². The summed E-state index contributed by atoms with van der Waals surface area (Å²) in [5, 5.41) is 1.09. The maximum atomic E-state index is 9.95. The first-order valence-corrected chi connectivity index (χ1v) is 6.00. The van der Waals surface area contributed by atoms with Crippen LogP contribution in [0.5, 0.6) is 0 Å². The Labute approximate surface area is 133 Å². The third-order valence-corrected chi connectivity index (χ3v) is 2.69. The number of rotatable bonds is 3. The van der Waals surface area contributed by atoms with Gasteiger partial charge in [0.05, 0.1) is 0 Å². The Morgan fingerprint density at radius 1 is 1.16 bits per heavy atom. The van der Waals surface area contributed by atoms with E-state index >= 15 is 0 Å². The van der Waals surface area contributed by atoms with Crippen LogP contribution in [0.2, 0.25) is 0 Å². The van der Waals surface area contributed by atoms with Gasteiger partial charge in [-0.3, -0.25) is 0 Å². The van der Waals surface area contributed by atoms with E-state index in [9.17, 15) is 4.79 Å². The third-order valence-electron chi connectivity index (χ3n) is 2.13. The second kappa shape index (κ2) is 9.82. The molecule has 0 unspecified atom stereocenters. The number of carbonyl (C=O) groups is 1. The first-order valence-electron chi connectivity index (χ1n) is 5.24. The van der Waals surface area contributed by atoms with E-state index in [0.717, 1.165) is 11.1 Å². The summed E-state index contributed by atoms with van der Waals surface area (Å²) in [6, 6.07) is 15.2. The normalized spacial score (nSPS) is 9.89. The van der Waals surface area contributed by atoms with E-state index in [1.54, 1.807) is 0 Å². The Hall–Kier alpha value is -1.05. The number of hydrogen-bond donors (Lipinski definition) is 0. The molecule has 2 aromatic carbocycles. The topological polar surface area (TPSA) is 17.1 Å². The quantitative estimate of drug-likeness (QED) is 0.341. The zero-order valence-corrected chi connectivity index (χ0v) is 12.6. The molecule has 19 heavy (non-hydrogen) atoms. The molecule has 0 saturated heterocycles. The molecule has 0 amide bonds. The van der Waals surface area contributed by atoms with E-state index in [1.807, 2.05) is 48.5 Å². The Bertz CT molecular complexity index is 510. The fourth-order valence-electron chi connectivity index (χ4n) is 1.24. The Morgan fingerprint density at radius 3 is 2.05 bits per heavy atom. The van der Waals surface area contributed by atoms with E-state index in [1.165, 1.54) is 6.08 Å². The first-order chi connectivity index (χ1) is 8.65. The molecule has 4 heteroatoms. The summed E-state index contributed by atoms with van der Waals surface area (Å²) >= 11 is 11.2. The summed E-state index contributed by atoms with van der Waals surface area (Å²) < 4.78 is 0. The van der Waals surface area contributed by atoms with E-state index in [4.69, 9.17) is 23.2 Å². The first kappa shape index (κ1) is 17.9. The molecule has 1 nitrogen and oxygen atoms in total. The van der Waals surface area contributed by atoms with Crippen LogP contribution in [0.15, 0.2) is 61.2 Å². The zero-order chi connectivity index (χ0) is 13.4. The zero-order valence-electron chi connectivity index (χ0n) is 10.00. The van der Waals surface area contributed by atoms with Gasteiger partial charge in [0.2, 0.25) is 0 Å². The van der Waals surface area contributed by atoms with E-state index < -0.39 is 0 Å². The van der Waals surface area contributed by atoms with Crippen molar-refractivity contribution in [2.45, 2.75) is 0 Å². The van der Waals surface area contributed by atoms with Gasteiger partial charge in [-0.25, -0.2) is 0 Å². The number of hydrogen-bond acceptors (Lipinski definition) is 1. The molecule has 0 atom stereocenters. The summed E-state index contributed by atoms with van der Waals surface area (Å²) in [5.74, 6) is 0. The molecule has 0 radical (unpaired) electrons. The van der Waals surface area contributed by atoms with Crippen molar-refractivity contribution in [3.05, 3.63) is 72.3 Å². The molecule has 0 bridgehead atoms. The van der Waals surface area contributed by atoms with Gasteiger partial charge in [0.25, 0.3) is 0 Å². The molecule has 0 aliphatic heterocycles. The molecule has 0 fully saturated rings. The second-order valence-corrected chi connectivity index (χ2v) is 4.27. The maximum absolute atomic E-state index is 9.95. The van der Waals surface area contributed by atoms with Crippen LogP contribution in [-0.2, 0) is 21.9 Å². The number of allylic oxidation sites excluding steroid dienone is 1. The number of aldehydes is 1. The maximum Gasteiger partial charge on any atom is 0.00139 e. The molecule has 0 aliphatic carbocycles. The van der Waals surface area contributed by atoms with Crippen molar-refractivity contribution >= 4 is 39.6 Å². The van der Waals surface area contributed by atoms with Crippen LogP contribution in [0.3, 0.4) is 0 Å². The smallest absolute Gasteiger partial charge is 0.00139 e. The Kier molecular flexibility index (Phi) is 9.28. The summed E-state index contributed by atoms with van der Waals surface area (Å²) in [7, 11) is 0. The largest absolute Gasteiger partial charge is 0.670 e. The van der Waals surface area contributed by atoms with Gasteiger partial charge >= 0.3 is 0 Å². The predicted octanol–water partition coefficient (Wildman–Crippen LogP) is 4.80. The van der Waals surface area contributed by atoms with Crippen molar-refractivity contribution in [1.82, 2.24) is 0 Å². The predicted molar refractivity (Wildman–Crippen MR) is 78.9 cm³/mol. The minimum absolute atomic E-state index is 0. The second-order valence-electron chi connectivity index (χ2n) is 3.40. The van der Waals surface area contributed by atoms with Crippen molar-refractivity contribution in [3.8, 4) is 0 Å². The number of halogens is 2. The molecular formula is C15H12Cl2FeO-6. The van der Waals surface area contributed by atoms with E-state index in [2.05, 4.69) is 6.58 Å². The summed E-state index contributed by atoms with van der Waals surface area (Å²) in [6.07, 6.45) is 2.01. The monoisotopic (exact) mass is 334 g/mol. The molecule has 106 valence electrons. The van der Waals surface area contributed by atoms with Crippen molar-refractivity contribution < 1.29 is 21.9 Å². The van der Waals surface area contributed by atoms with Crippen LogP contribution in [0.4, 0.5) is 0 Å². The SMILES string of the molecule is C=C(Cl)[c-]1cccc1.O=CC=C(Cl)[c-]1[cH-][cH-][cH-][cH-]1.[Fe]. The molecule has 0 aromatic heterocycles. The minimum Gasteiger partial charge on any atom is -0.670 e. The van der Waals surface area contributed by atoms with Crippen LogP contribution >= 0.6 is 23.2 Å². The summed E-state index contributed by atoms with van der Waals surface area (Å²) in [4.78, 5) is 9.95. The fourth-order valence-corrected chi connectivity index (χ4v) is 1.55. The van der Waals surface area contributed by atoms with E-state index in [-0.39, 0.29) is 17.1 Å². The molecular weight excluding hydrogens is 323 g/mol. The molecule has 2 rings (SSSR count). The molecule has 0 saturated carbocycles. The minimum atomic E-state index is 0. The van der Waals surface area contributed by atoms with Crippen LogP contribution in [0.1, 0.15) is 11.1 Å². The van der Waals surface area contributed by atoms with Gasteiger partial charge in [0.1, 0.15) is 0 Å². The third kappa shape index (κ3) is 6.60. The number of carbonyl (C=O) groups excluding carboxylic acids is 1. The van der Waals surface area contributed by atoms with Crippen LogP contribution < -0.4 is 0 Å². The molecule has 0 spiro atoms. The van der Waals surface area contributed by atoms with Gasteiger partial charge in [0.15, 0.2) is 0 Å². The van der Waals surface area contributed by atoms with Gasteiger partial charge in [-0.2, -0.15) is 18.7 Å². The van der Waals surface area contributed by atoms with E-state index in [0.29, 0.717) is 16.4 Å². The van der Waals surface area contributed by atoms with Gasteiger partial charge in [-0.1, -0.05) is 5.56 Å². The van der Waals surface area contributed by atoms with Gasteiger partial charge < -0.3 is 57.3 Å². The van der Waals surface area contributed by atoms with Crippen molar-refractivity contribution in [2.75, 3.05) is 0 Å². The van der Waals surface area contributed by atoms with Gasteiger partial charge in [0, 0.05) is 23.4 Å². The van der Waals surface area contributed by atoms with Crippen LogP contribution in [0.25, 0.3) is 10.1 Å². The van der Waals surface area contributed by atoms with Crippen molar-refractivity contribution in [2.24, 2.45) is 0 Å². The standard InChI is InChI=1S/C8H6ClO.C7H6Cl.Fe/c9-8(5-6-10)7-3-1-2-4-7;1-6(8)7-4-2-3-5-7;/h1-6H;2-5H,1H2;/q-5;-1;. The molecule has 0 heterocycles. The van der Waals surface area contributed by atoms with Crippen LogP contribution in [0, 0.1) is 0 Å².